The normalized spacial score (nSPS) is 14.5. The van der Waals surface area contributed by atoms with Crippen LogP contribution in [-0.2, 0) is 0 Å². The third kappa shape index (κ3) is 4.55. The van der Waals surface area contributed by atoms with Crippen molar-refractivity contribution in [2.24, 2.45) is 0 Å². The molecule has 31 heavy (non-hydrogen) atoms. The molecule has 0 aliphatic carbocycles. The highest BCUT2D eigenvalue weighted by atomic mass is 35.5. The van der Waals surface area contributed by atoms with Gasteiger partial charge in [0.05, 0.1) is 16.2 Å². The number of likely N-dealkylation sites (N-methyl/N-ethyl adjacent to an activating group) is 1. The maximum absolute atomic E-state index is 13.3. The highest BCUT2D eigenvalue weighted by Crippen LogP contribution is 2.29. The van der Waals surface area contributed by atoms with Gasteiger partial charge < -0.3 is 9.80 Å². The highest BCUT2D eigenvalue weighted by Gasteiger charge is 2.25. The van der Waals surface area contributed by atoms with Crippen LogP contribution in [0.5, 0.6) is 0 Å². The van der Waals surface area contributed by atoms with E-state index in [4.69, 9.17) is 11.6 Å². The summed E-state index contributed by atoms with van der Waals surface area (Å²) in [5, 5.41) is 11.9. The van der Waals surface area contributed by atoms with Crippen molar-refractivity contribution in [2.75, 3.05) is 33.2 Å². The molecule has 0 radical (unpaired) electrons. The van der Waals surface area contributed by atoms with Gasteiger partial charge in [0.2, 0.25) is 0 Å². The van der Waals surface area contributed by atoms with Crippen LogP contribution in [-0.4, -0.2) is 63.8 Å². The molecular weight excluding hydrogens is 418 g/mol. The lowest BCUT2D eigenvalue weighted by Crippen LogP contribution is -2.47. The van der Waals surface area contributed by atoms with E-state index >= 15 is 0 Å². The molecule has 1 aliphatic rings. The number of aromatic nitrogens is 2. The molecule has 0 spiro atoms. The summed E-state index contributed by atoms with van der Waals surface area (Å²) in [6, 6.07) is 13.2. The largest absolute Gasteiger partial charge is 0.336 e. The molecule has 2 aromatic carbocycles. The SMILES string of the molecule is CN1CCN(C(=O)c2cnc(-c3ccc(Cl)cc3)nc2-c2cccc([N+](=O)[O-])c2)CC1. The second-order valence-electron chi connectivity index (χ2n) is 7.37. The molecule has 0 bridgehead atoms. The maximum Gasteiger partial charge on any atom is 0.270 e. The van der Waals surface area contributed by atoms with Crippen molar-refractivity contribution in [2.45, 2.75) is 0 Å². The second-order valence-corrected chi connectivity index (χ2v) is 7.80. The van der Waals surface area contributed by atoms with Crippen molar-refractivity contribution >= 4 is 23.2 Å². The number of amides is 1. The Kier molecular flexibility index (Phi) is 5.92. The Balaban J connectivity index is 1.80. The first-order valence-corrected chi connectivity index (χ1v) is 10.2. The van der Waals surface area contributed by atoms with Gasteiger partial charge in [-0.25, -0.2) is 9.97 Å². The van der Waals surface area contributed by atoms with E-state index in [-0.39, 0.29) is 11.6 Å². The molecule has 2 heterocycles. The molecule has 0 atom stereocenters. The topological polar surface area (TPSA) is 92.5 Å². The standard InChI is InChI=1S/C22H20ClN5O3/c1-26-9-11-27(12-10-26)22(29)19-14-24-21(15-5-7-17(23)8-6-15)25-20(19)16-3-2-4-18(13-16)28(30)31/h2-8,13-14H,9-12H2,1H3. The minimum atomic E-state index is -0.466. The molecule has 1 fully saturated rings. The maximum atomic E-state index is 13.3. The Morgan fingerprint density at radius 3 is 2.45 bits per heavy atom. The molecule has 1 saturated heterocycles. The van der Waals surface area contributed by atoms with Crippen molar-refractivity contribution in [1.82, 2.24) is 19.8 Å². The Hall–Kier alpha value is -3.36. The van der Waals surface area contributed by atoms with Gasteiger partial charge in [-0.05, 0) is 31.3 Å². The third-order valence-electron chi connectivity index (χ3n) is 5.24. The summed E-state index contributed by atoms with van der Waals surface area (Å²) in [5.41, 5.74) is 1.84. The van der Waals surface area contributed by atoms with Crippen LogP contribution in [0.15, 0.2) is 54.7 Å². The molecule has 158 valence electrons. The van der Waals surface area contributed by atoms with Crippen LogP contribution in [0.4, 0.5) is 5.69 Å². The molecular formula is C22H20ClN5O3. The monoisotopic (exact) mass is 437 g/mol. The smallest absolute Gasteiger partial charge is 0.270 e. The average Bonchev–Trinajstić information content (AvgIpc) is 2.79. The van der Waals surface area contributed by atoms with E-state index in [0.717, 1.165) is 18.7 Å². The number of halogens is 1. The van der Waals surface area contributed by atoms with Gasteiger partial charge in [0.25, 0.3) is 11.6 Å². The summed E-state index contributed by atoms with van der Waals surface area (Å²) in [5.74, 6) is 0.227. The Labute approximate surface area is 184 Å². The fraction of sp³-hybridized carbons (Fsp3) is 0.227. The van der Waals surface area contributed by atoms with Gasteiger partial charge in [-0.3, -0.25) is 14.9 Å². The summed E-state index contributed by atoms with van der Waals surface area (Å²) in [6.45, 7) is 2.76. The van der Waals surface area contributed by atoms with E-state index in [0.29, 0.717) is 40.8 Å². The highest BCUT2D eigenvalue weighted by molar-refractivity contribution is 6.30. The number of hydrogen-bond acceptors (Lipinski definition) is 6. The summed E-state index contributed by atoms with van der Waals surface area (Å²) in [7, 11) is 2.01. The fourth-order valence-electron chi connectivity index (χ4n) is 3.44. The van der Waals surface area contributed by atoms with Gasteiger partial charge in [-0.2, -0.15) is 0 Å². The van der Waals surface area contributed by atoms with E-state index in [9.17, 15) is 14.9 Å². The zero-order valence-electron chi connectivity index (χ0n) is 16.9. The lowest BCUT2D eigenvalue weighted by Gasteiger charge is -2.32. The molecule has 4 rings (SSSR count). The summed E-state index contributed by atoms with van der Waals surface area (Å²) >= 11 is 5.98. The summed E-state index contributed by atoms with van der Waals surface area (Å²) < 4.78 is 0. The van der Waals surface area contributed by atoms with Gasteiger partial charge in [-0.1, -0.05) is 23.7 Å². The molecule has 0 saturated carbocycles. The Bertz CT molecular complexity index is 1130. The van der Waals surface area contributed by atoms with Gasteiger partial charge >= 0.3 is 0 Å². The van der Waals surface area contributed by atoms with Crippen molar-refractivity contribution < 1.29 is 9.72 Å². The number of nitrogens with zero attached hydrogens (tertiary/aromatic N) is 5. The van der Waals surface area contributed by atoms with Crippen LogP contribution < -0.4 is 0 Å². The fourth-order valence-corrected chi connectivity index (χ4v) is 3.57. The van der Waals surface area contributed by atoms with Gasteiger partial charge in [0.1, 0.15) is 0 Å². The summed E-state index contributed by atoms with van der Waals surface area (Å²) in [4.78, 5) is 37.1. The van der Waals surface area contributed by atoms with Gasteiger partial charge in [0.15, 0.2) is 5.82 Å². The number of carbonyl (C=O) groups excluding carboxylic acids is 1. The van der Waals surface area contributed by atoms with Crippen LogP contribution >= 0.6 is 11.6 Å². The number of rotatable bonds is 4. The van der Waals surface area contributed by atoms with Gasteiger partial charge in [-0.15, -0.1) is 0 Å². The Morgan fingerprint density at radius 2 is 1.77 bits per heavy atom. The van der Waals surface area contributed by atoms with E-state index < -0.39 is 4.92 Å². The van der Waals surface area contributed by atoms with E-state index in [1.54, 1.807) is 41.3 Å². The minimum Gasteiger partial charge on any atom is -0.336 e. The van der Waals surface area contributed by atoms with Crippen LogP contribution in [0, 0.1) is 10.1 Å². The molecule has 1 amide bonds. The predicted molar refractivity (Wildman–Crippen MR) is 118 cm³/mol. The minimum absolute atomic E-state index is 0.0675. The van der Waals surface area contributed by atoms with Crippen LogP contribution in [0.2, 0.25) is 5.02 Å². The molecule has 8 nitrogen and oxygen atoms in total. The molecule has 1 aromatic heterocycles. The number of hydrogen-bond donors (Lipinski definition) is 0. The van der Waals surface area contributed by atoms with Gasteiger partial charge in [0, 0.05) is 60.7 Å². The zero-order chi connectivity index (χ0) is 22.0. The van der Waals surface area contributed by atoms with Crippen molar-refractivity contribution in [3.05, 3.63) is 75.4 Å². The first kappa shape index (κ1) is 20.9. The van der Waals surface area contributed by atoms with Crippen LogP contribution in [0.25, 0.3) is 22.6 Å². The molecule has 0 unspecified atom stereocenters. The number of nitro groups is 1. The lowest BCUT2D eigenvalue weighted by molar-refractivity contribution is -0.384. The number of piperazine rings is 1. The zero-order valence-corrected chi connectivity index (χ0v) is 17.6. The lowest BCUT2D eigenvalue weighted by atomic mass is 10.0. The van der Waals surface area contributed by atoms with E-state index in [1.807, 2.05) is 7.05 Å². The number of nitro benzene ring substituents is 1. The number of carbonyl (C=O) groups is 1. The summed E-state index contributed by atoms with van der Waals surface area (Å²) in [6.07, 6.45) is 1.51. The first-order chi connectivity index (χ1) is 14.9. The molecule has 9 heteroatoms. The Morgan fingerprint density at radius 1 is 1.06 bits per heavy atom. The van der Waals surface area contributed by atoms with Crippen LogP contribution in [0.1, 0.15) is 10.4 Å². The van der Waals surface area contributed by atoms with Crippen molar-refractivity contribution in [3.63, 3.8) is 0 Å². The van der Waals surface area contributed by atoms with Crippen molar-refractivity contribution in [3.8, 4) is 22.6 Å². The first-order valence-electron chi connectivity index (χ1n) is 9.78. The van der Waals surface area contributed by atoms with Crippen molar-refractivity contribution in [1.29, 1.82) is 0 Å². The second kappa shape index (κ2) is 8.79. The number of benzene rings is 2. The average molecular weight is 438 g/mol. The third-order valence-corrected chi connectivity index (χ3v) is 5.49. The molecule has 3 aromatic rings. The number of non-ortho nitro benzene ring substituents is 1. The molecule has 1 aliphatic heterocycles. The predicted octanol–water partition coefficient (Wildman–Crippen LogP) is 3.76. The van der Waals surface area contributed by atoms with E-state index in [2.05, 4.69) is 14.9 Å². The van der Waals surface area contributed by atoms with Crippen LogP contribution in [0.3, 0.4) is 0 Å². The van der Waals surface area contributed by atoms with E-state index in [1.165, 1.54) is 18.3 Å². The quantitative estimate of drug-likeness (QED) is 0.455. The molecule has 0 N–H and O–H groups in total.